The topological polar surface area (TPSA) is 72.7 Å². The molecule has 3 aromatic rings. The smallest absolute Gasteiger partial charge is 0.265 e. The molecule has 1 aromatic carbocycles. The second-order valence-electron chi connectivity index (χ2n) is 4.44. The van der Waals surface area contributed by atoms with Crippen LogP contribution in [0.1, 0.15) is 15.2 Å². The number of rotatable bonds is 3. The first-order chi connectivity index (χ1) is 10.5. The number of halogens is 2. The number of carbonyl (C=O) groups is 1. The normalized spacial score (nSPS) is 10.7. The molecule has 3 rings (SSSR count). The summed E-state index contributed by atoms with van der Waals surface area (Å²) in [4.78, 5) is 13.0. The Labute approximate surface area is 146 Å². The van der Waals surface area contributed by atoms with Crippen molar-refractivity contribution in [3.8, 4) is 5.69 Å². The Hall–Kier alpha value is -1.58. The summed E-state index contributed by atoms with van der Waals surface area (Å²) in [5.74, 6) is -0.159. The van der Waals surface area contributed by atoms with Crippen LogP contribution in [-0.2, 0) is 0 Å². The maximum Gasteiger partial charge on any atom is 0.265 e. The van der Waals surface area contributed by atoms with Crippen molar-refractivity contribution in [3.63, 3.8) is 0 Å². The van der Waals surface area contributed by atoms with E-state index in [2.05, 4.69) is 52.7 Å². The molecule has 0 radical (unpaired) electrons. The molecule has 0 atom stereocenters. The lowest BCUT2D eigenvalue weighted by Crippen LogP contribution is -2.11. The number of thiophene rings is 1. The highest BCUT2D eigenvalue weighted by molar-refractivity contribution is 9.13. The fourth-order valence-corrected chi connectivity index (χ4v) is 3.74. The molecular formula is C13H9Br2N5OS. The van der Waals surface area contributed by atoms with Crippen molar-refractivity contribution in [1.29, 1.82) is 0 Å². The first kappa shape index (κ1) is 15.3. The number of benzene rings is 1. The SMILES string of the molecule is Cc1ccc(-n2cnnn2)cc1NC(=O)c1cc(Br)c(Br)s1. The third-order valence-electron chi connectivity index (χ3n) is 2.95. The maximum atomic E-state index is 12.3. The van der Waals surface area contributed by atoms with Gasteiger partial charge in [0, 0.05) is 10.2 Å². The van der Waals surface area contributed by atoms with Crippen molar-refractivity contribution < 1.29 is 4.79 Å². The van der Waals surface area contributed by atoms with Gasteiger partial charge < -0.3 is 5.32 Å². The minimum Gasteiger partial charge on any atom is -0.321 e. The molecule has 22 heavy (non-hydrogen) atoms. The van der Waals surface area contributed by atoms with Gasteiger partial charge in [-0.15, -0.1) is 16.4 Å². The van der Waals surface area contributed by atoms with E-state index in [1.54, 1.807) is 6.07 Å². The van der Waals surface area contributed by atoms with E-state index in [1.165, 1.54) is 22.3 Å². The third-order valence-corrected chi connectivity index (χ3v) is 6.21. The van der Waals surface area contributed by atoms with Gasteiger partial charge >= 0.3 is 0 Å². The number of tetrazole rings is 1. The zero-order valence-electron chi connectivity index (χ0n) is 11.2. The number of nitrogens with one attached hydrogen (secondary N) is 1. The van der Waals surface area contributed by atoms with Gasteiger partial charge in [-0.2, -0.15) is 0 Å². The molecule has 0 fully saturated rings. The molecule has 6 nitrogen and oxygen atoms in total. The van der Waals surface area contributed by atoms with Crippen LogP contribution in [0.3, 0.4) is 0 Å². The Kier molecular flexibility index (Phi) is 4.37. The van der Waals surface area contributed by atoms with Gasteiger partial charge in [0.1, 0.15) is 6.33 Å². The molecule has 1 amide bonds. The van der Waals surface area contributed by atoms with Gasteiger partial charge in [0.15, 0.2) is 0 Å². The molecule has 0 unspecified atom stereocenters. The van der Waals surface area contributed by atoms with Gasteiger partial charge in [0.05, 0.1) is 14.4 Å². The van der Waals surface area contributed by atoms with Gasteiger partial charge in [-0.1, -0.05) is 6.07 Å². The largest absolute Gasteiger partial charge is 0.321 e. The average Bonchev–Trinajstić information content (AvgIpc) is 3.12. The highest BCUT2D eigenvalue weighted by Crippen LogP contribution is 2.33. The van der Waals surface area contributed by atoms with E-state index >= 15 is 0 Å². The Morgan fingerprint density at radius 1 is 1.32 bits per heavy atom. The fourth-order valence-electron chi connectivity index (χ4n) is 1.81. The summed E-state index contributed by atoms with van der Waals surface area (Å²) in [5, 5.41) is 14.0. The van der Waals surface area contributed by atoms with Gasteiger partial charge in [-0.05, 0) is 73.0 Å². The Morgan fingerprint density at radius 2 is 2.14 bits per heavy atom. The minimum absolute atomic E-state index is 0.159. The molecule has 2 heterocycles. The summed E-state index contributed by atoms with van der Waals surface area (Å²) in [6.45, 7) is 1.93. The van der Waals surface area contributed by atoms with Crippen molar-refractivity contribution in [1.82, 2.24) is 20.2 Å². The van der Waals surface area contributed by atoms with E-state index in [9.17, 15) is 4.79 Å². The monoisotopic (exact) mass is 441 g/mol. The molecule has 2 aromatic heterocycles. The van der Waals surface area contributed by atoms with E-state index < -0.39 is 0 Å². The molecule has 0 spiro atoms. The van der Waals surface area contributed by atoms with E-state index in [0.717, 1.165) is 25.2 Å². The average molecular weight is 443 g/mol. The summed E-state index contributed by atoms with van der Waals surface area (Å²) in [6, 6.07) is 7.42. The molecule has 0 saturated heterocycles. The van der Waals surface area contributed by atoms with Crippen LogP contribution >= 0.6 is 43.2 Å². The van der Waals surface area contributed by atoms with Crippen LogP contribution in [0.25, 0.3) is 5.69 Å². The molecule has 0 saturated carbocycles. The van der Waals surface area contributed by atoms with Crippen LogP contribution < -0.4 is 5.32 Å². The first-order valence-electron chi connectivity index (χ1n) is 6.15. The number of nitrogens with zero attached hydrogens (tertiary/aromatic N) is 4. The number of carbonyl (C=O) groups excluding carboxylic acids is 1. The number of aromatic nitrogens is 4. The number of anilines is 1. The van der Waals surface area contributed by atoms with Crippen LogP contribution in [-0.4, -0.2) is 26.1 Å². The highest BCUT2D eigenvalue weighted by atomic mass is 79.9. The number of amides is 1. The number of aryl methyl sites for hydroxylation is 1. The van der Waals surface area contributed by atoms with Crippen molar-refractivity contribution in [3.05, 3.63) is 49.3 Å². The third kappa shape index (κ3) is 3.11. The predicted octanol–water partition coefficient (Wildman–Crippen LogP) is 3.81. The molecule has 9 heteroatoms. The van der Waals surface area contributed by atoms with E-state index in [4.69, 9.17) is 0 Å². The molecule has 112 valence electrons. The molecular weight excluding hydrogens is 434 g/mol. The predicted molar refractivity (Wildman–Crippen MR) is 91.6 cm³/mol. The van der Waals surface area contributed by atoms with Crippen LogP contribution in [0.5, 0.6) is 0 Å². The summed E-state index contributed by atoms with van der Waals surface area (Å²) >= 11 is 8.14. The zero-order chi connectivity index (χ0) is 15.7. The molecule has 1 N–H and O–H groups in total. The van der Waals surface area contributed by atoms with Gasteiger partial charge in [0.2, 0.25) is 0 Å². The maximum absolute atomic E-state index is 12.3. The minimum atomic E-state index is -0.159. The van der Waals surface area contributed by atoms with Crippen molar-refractivity contribution in [2.24, 2.45) is 0 Å². The summed E-state index contributed by atoms with van der Waals surface area (Å²) in [5.41, 5.74) is 2.46. The van der Waals surface area contributed by atoms with E-state index in [-0.39, 0.29) is 5.91 Å². The summed E-state index contributed by atoms with van der Waals surface area (Å²) < 4.78 is 3.28. The zero-order valence-corrected chi connectivity index (χ0v) is 15.2. The Morgan fingerprint density at radius 3 is 2.77 bits per heavy atom. The van der Waals surface area contributed by atoms with Gasteiger partial charge in [-0.3, -0.25) is 4.79 Å². The van der Waals surface area contributed by atoms with Crippen molar-refractivity contribution in [2.75, 3.05) is 5.32 Å². The lowest BCUT2D eigenvalue weighted by atomic mass is 10.1. The summed E-state index contributed by atoms with van der Waals surface area (Å²) in [6.07, 6.45) is 1.50. The van der Waals surface area contributed by atoms with Crippen molar-refractivity contribution in [2.45, 2.75) is 6.92 Å². The van der Waals surface area contributed by atoms with E-state index in [0.29, 0.717) is 4.88 Å². The van der Waals surface area contributed by atoms with E-state index in [1.807, 2.05) is 25.1 Å². The lowest BCUT2D eigenvalue weighted by molar-refractivity contribution is 0.103. The summed E-state index contributed by atoms with van der Waals surface area (Å²) in [7, 11) is 0. The molecule has 0 bridgehead atoms. The Bertz CT molecular complexity index is 812. The van der Waals surface area contributed by atoms with Crippen LogP contribution in [0, 0.1) is 6.92 Å². The number of hydrogen-bond acceptors (Lipinski definition) is 5. The molecule has 0 aliphatic carbocycles. The first-order valence-corrected chi connectivity index (χ1v) is 8.55. The standard InChI is InChI=1S/C13H9Br2N5OS/c1-7-2-3-8(20-6-16-18-19-20)4-10(7)17-13(21)11-5-9(14)12(15)22-11/h2-6H,1H3,(H,17,21). The highest BCUT2D eigenvalue weighted by Gasteiger charge is 2.13. The number of hydrogen-bond donors (Lipinski definition) is 1. The van der Waals surface area contributed by atoms with Crippen molar-refractivity contribution >= 4 is 54.8 Å². The van der Waals surface area contributed by atoms with Gasteiger partial charge in [0.25, 0.3) is 5.91 Å². The van der Waals surface area contributed by atoms with Crippen LogP contribution in [0.2, 0.25) is 0 Å². The van der Waals surface area contributed by atoms with Crippen LogP contribution in [0.15, 0.2) is 38.9 Å². The lowest BCUT2D eigenvalue weighted by Gasteiger charge is -2.09. The quantitative estimate of drug-likeness (QED) is 0.669. The molecule has 0 aliphatic heterocycles. The molecule has 0 aliphatic rings. The fraction of sp³-hybridized carbons (Fsp3) is 0.0769. The Balaban J connectivity index is 1.88. The van der Waals surface area contributed by atoms with Crippen LogP contribution in [0.4, 0.5) is 5.69 Å². The second kappa shape index (κ2) is 6.27. The second-order valence-corrected chi connectivity index (χ2v) is 7.66. The van der Waals surface area contributed by atoms with Gasteiger partial charge in [-0.25, -0.2) is 4.68 Å².